The summed E-state index contributed by atoms with van der Waals surface area (Å²) in [6.45, 7) is 8.23. The molecular weight excluding hydrogens is 224 g/mol. The third-order valence-corrected chi connectivity index (χ3v) is 1.32. The predicted molar refractivity (Wildman–Crippen MR) is 63.5 cm³/mol. The molecule has 0 saturated carbocycles. The molecule has 0 amide bonds. The van der Waals surface area contributed by atoms with Crippen LogP contribution in [0.4, 0.5) is 0 Å². The highest BCUT2D eigenvalue weighted by molar-refractivity contribution is 5.94. The van der Waals surface area contributed by atoms with Crippen molar-refractivity contribution in [1.82, 2.24) is 0 Å². The van der Waals surface area contributed by atoms with Crippen molar-refractivity contribution in [3.8, 4) is 0 Å². The fraction of sp³-hybridized carbons (Fsp3) is 0.417. The average molecular weight is 242 g/mol. The lowest BCUT2D eigenvalue weighted by molar-refractivity contribution is -0.144. The Bertz CT molecular complexity index is 281. The third-order valence-electron chi connectivity index (χ3n) is 1.32. The first-order valence-electron chi connectivity index (χ1n) is 5.02. The molecule has 0 aliphatic rings. The molecule has 0 spiro atoms. The van der Waals surface area contributed by atoms with E-state index >= 15 is 0 Å². The van der Waals surface area contributed by atoms with Crippen LogP contribution < -0.4 is 0 Å². The number of ketones is 1. The summed E-state index contributed by atoms with van der Waals surface area (Å²) in [4.78, 5) is 30.5. The summed E-state index contributed by atoms with van der Waals surface area (Å²) in [7, 11) is 0. The number of hydrogen-bond acceptors (Lipinski definition) is 4. The van der Waals surface area contributed by atoms with E-state index in [4.69, 9.17) is 5.11 Å². The van der Waals surface area contributed by atoms with E-state index in [1.807, 2.05) is 0 Å². The Hall–Kier alpha value is -1.91. The van der Waals surface area contributed by atoms with E-state index in [0.29, 0.717) is 6.42 Å². The molecule has 1 N–H and O–H groups in total. The van der Waals surface area contributed by atoms with Gasteiger partial charge in [0.25, 0.3) is 0 Å². The number of hydrogen-bond donors (Lipinski definition) is 1. The van der Waals surface area contributed by atoms with Crippen LogP contribution in [0.25, 0.3) is 0 Å². The molecule has 0 aromatic carbocycles. The van der Waals surface area contributed by atoms with Crippen LogP contribution in [0.15, 0.2) is 25.3 Å². The minimum atomic E-state index is -0.764. The SMILES string of the molecule is C=CCCC(=O)O.C=CCOC(=O)CC(C)=O. The molecule has 0 rings (SSSR count). The molecule has 0 fully saturated rings. The Morgan fingerprint density at radius 2 is 1.82 bits per heavy atom. The molecule has 5 heteroatoms. The van der Waals surface area contributed by atoms with Gasteiger partial charge in [-0.25, -0.2) is 0 Å². The Morgan fingerprint density at radius 3 is 2.12 bits per heavy atom. The van der Waals surface area contributed by atoms with Gasteiger partial charge in [-0.1, -0.05) is 18.7 Å². The number of carbonyl (C=O) groups excluding carboxylic acids is 2. The Balaban J connectivity index is 0. The summed E-state index contributed by atoms with van der Waals surface area (Å²) >= 11 is 0. The molecule has 0 atom stereocenters. The topological polar surface area (TPSA) is 80.7 Å². The monoisotopic (exact) mass is 242 g/mol. The van der Waals surface area contributed by atoms with Crippen LogP contribution in [0.1, 0.15) is 26.2 Å². The number of carboxylic acids is 1. The highest BCUT2D eigenvalue weighted by Gasteiger charge is 2.03. The second kappa shape index (κ2) is 12.2. The summed E-state index contributed by atoms with van der Waals surface area (Å²) in [5.74, 6) is -1.44. The lowest BCUT2D eigenvalue weighted by atomic mass is 10.3. The Morgan fingerprint density at radius 1 is 1.24 bits per heavy atom. The van der Waals surface area contributed by atoms with Crippen LogP contribution in [0.2, 0.25) is 0 Å². The maximum atomic E-state index is 10.5. The fourth-order valence-corrected chi connectivity index (χ4v) is 0.632. The van der Waals surface area contributed by atoms with Gasteiger partial charge in [0.05, 0.1) is 0 Å². The van der Waals surface area contributed by atoms with Crippen molar-refractivity contribution < 1.29 is 24.2 Å². The van der Waals surface area contributed by atoms with Gasteiger partial charge in [-0.15, -0.1) is 6.58 Å². The minimum Gasteiger partial charge on any atom is -0.481 e. The third kappa shape index (κ3) is 20.2. The van der Waals surface area contributed by atoms with Crippen LogP contribution in [-0.4, -0.2) is 29.4 Å². The maximum Gasteiger partial charge on any atom is 0.313 e. The highest BCUT2D eigenvalue weighted by atomic mass is 16.5. The van der Waals surface area contributed by atoms with E-state index in [9.17, 15) is 14.4 Å². The average Bonchev–Trinajstić information content (AvgIpc) is 2.23. The molecule has 17 heavy (non-hydrogen) atoms. The minimum absolute atomic E-state index is 0.145. The van der Waals surface area contributed by atoms with Gasteiger partial charge in [-0.05, 0) is 13.3 Å². The molecule has 0 aliphatic heterocycles. The van der Waals surface area contributed by atoms with E-state index in [2.05, 4.69) is 17.9 Å². The maximum absolute atomic E-state index is 10.5. The summed E-state index contributed by atoms with van der Waals surface area (Å²) in [5.41, 5.74) is 0. The van der Waals surface area contributed by atoms with Crippen molar-refractivity contribution in [2.45, 2.75) is 26.2 Å². The molecule has 5 nitrogen and oxygen atoms in total. The molecule has 0 radical (unpaired) electrons. The molecule has 0 heterocycles. The second-order valence-corrected chi connectivity index (χ2v) is 3.07. The van der Waals surface area contributed by atoms with Crippen molar-refractivity contribution >= 4 is 17.7 Å². The first-order chi connectivity index (χ1) is 7.93. The Kier molecular flexibility index (Phi) is 12.5. The predicted octanol–water partition coefficient (Wildman–Crippen LogP) is 1.73. The smallest absolute Gasteiger partial charge is 0.313 e. The van der Waals surface area contributed by atoms with Crippen molar-refractivity contribution in [2.75, 3.05) is 6.61 Å². The normalized spacial score (nSPS) is 8.29. The van der Waals surface area contributed by atoms with Crippen molar-refractivity contribution in [2.24, 2.45) is 0 Å². The number of esters is 1. The van der Waals surface area contributed by atoms with E-state index in [0.717, 1.165) is 0 Å². The number of allylic oxidation sites excluding steroid dienone is 1. The zero-order valence-corrected chi connectivity index (χ0v) is 9.98. The van der Waals surface area contributed by atoms with Gasteiger partial charge in [0.1, 0.15) is 18.8 Å². The van der Waals surface area contributed by atoms with Crippen molar-refractivity contribution in [3.05, 3.63) is 25.3 Å². The second-order valence-electron chi connectivity index (χ2n) is 3.07. The molecule has 0 aliphatic carbocycles. The fourth-order valence-electron chi connectivity index (χ4n) is 0.632. The van der Waals surface area contributed by atoms with Gasteiger partial charge in [0.2, 0.25) is 0 Å². The first kappa shape index (κ1) is 17.5. The van der Waals surface area contributed by atoms with Crippen LogP contribution in [0.5, 0.6) is 0 Å². The van der Waals surface area contributed by atoms with Gasteiger partial charge >= 0.3 is 11.9 Å². The first-order valence-corrected chi connectivity index (χ1v) is 5.02. The van der Waals surface area contributed by atoms with Crippen LogP contribution in [0.3, 0.4) is 0 Å². The lowest BCUT2D eigenvalue weighted by Crippen LogP contribution is -2.08. The van der Waals surface area contributed by atoms with E-state index in [1.54, 1.807) is 6.08 Å². The summed E-state index contributed by atoms with van der Waals surface area (Å²) in [5, 5.41) is 8.00. The van der Waals surface area contributed by atoms with Gasteiger partial charge in [-0.3, -0.25) is 14.4 Å². The molecule has 0 saturated heterocycles. The number of Topliss-reactive ketones (excluding diaryl/α,β-unsaturated/α-hetero) is 1. The van der Waals surface area contributed by atoms with Gasteiger partial charge < -0.3 is 9.84 Å². The number of aliphatic carboxylic acids is 1. The molecule has 0 aromatic heterocycles. The number of carboxylic acid groups (broad SMARTS) is 1. The van der Waals surface area contributed by atoms with E-state index in [1.165, 1.54) is 13.0 Å². The quantitative estimate of drug-likeness (QED) is 0.417. The molecular formula is C12H18O5. The number of carbonyl (C=O) groups is 3. The summed E-state index contributed by atoms with van der Waals surface area (Å²) in [6.07, 6.45) is 3.67. The largest absolute Gasteiger partial charge is 0.481 e. The van der Waals surface area contributed by atoms with Crippen LogP contribution in [-0.2, 0) is 19.1 Å². The molecule has 96 valence electrons. The number of ether oxygens (including phenoxy) is 1. The lowest BCUT2D eigenvalue weighted by Gasteiger charge is -1.96. The summed E-state index contributed by atoms with van der Waals surface area (Å²) < 4.78 is 4.52. The zero-order valence-electron chi connectivity index (χ0n) is 9.98. The molecule has 0 bridgehead atoms. The number of rotatable bonds is 7. The van der Waals surface area contributed by atoms with Crippen LogP contribution in [0, 0.1) is 0 Å². The Labute approximate surface area is 101 Å². The standard InChI is InChI=1S/C7H10O3.C5H8O2/c1-3-4-10-7(9)5-6(2)8;1-2-3-4-5(6)7/h3H,1,4-5H2,2H3;2H,1,3-4H2,(H,6,7). The van der Waals surface area contributed by atoms with Crippen molar-refractivity contribution in [1.29, 1.82) is 0 Å². The van der Waals surface area contributed by atoms with Crippen LogP contribution >= 0.6 is 0 Å². The van der Waals surface area contributed by atoms with Gasteiger partial charge in [-0.2, -0.15) is 0 Å². The van der Waals surface area contributed by atoms with Gasteiger partial charge in [0.15, 0.2) is 0 Å². The van der Waals surface area contributed by atoms with Gasteiger partial charge in [0, 0.05) is 6.42 Å². The highest BCUT2D eigenvalue weighted by Crippen LogP contribution is 1.87. The van der Waals surface area contributed by atoms with E-state index < -0.39 is 11.9 Å². The molecule has 0 unspecified atom stereocenters. The summed E-state index contributed by atoms with van der Waals surface area (Å²) in [6, 6.07) is 0. The van der Waals surface area contributed by atoms with E-state index in [-0.39, 0.29) is 25.2 Å². The zero-order chi connectivity index (χ0) is 13.7. The molecule has 0 aromatic rings. The van der Waals surface area contributed by atoms with Crippen molar-refractivity contribution in [3.63, 3.8) is 0 Å².